The van der Waals surface area contributed by atoms with Crippen molar-refractivity contribution in [3.05, 3.63) is 35.9 Å². The second-order valence-electron chi connectivity index (χ2n) is 4.44. The van der Waals surface area contributed by atoms with Crippen LogP contribution in [0.15, 0.2) is 30.3 Å². The van der Waals surface area contributed by atoms with E-state index in [9.17, 15) is 0 Å². The molecule has 1 aliphatic rings. The fourth-order valence-electron chi connectivity index (χ4n) is 1.92. The lowest BCUT2D eigenvalue weighted by Gasteiger charge is -2.00. The molecule has 1 heteroatoms. The van der Waals surface area contributed by atoms with E-state index >= 15 is 0 Å². The number of halogens is 1. The first-order valence-corrected chi connectivity index (χ1v) is 6.38. The largest absolute Gasteiger partial charge is 0.112 e. The van der Waals surface area contributed by atoms with Crippen LogP contribution in [-0.2, 0) is 0 Å². The van der Waals surface area contributed by atoms with E-state index in [2.05, 4.69) is 43.0 Å². The maximum atomic E-state index is 6.45. The molecule has 0 spiro atoms. The van der Waals surface area contributed by atoms with Gasteiger partial charge in [0.2, 0.25) is 0 Å². The van der Waals surface area contributed by atoms with Crippen molar-refractivity contribution in [2.24, 2.45) is 0 Å². The number of rotatable bonds is 3. The minimum Gasteiger partial charge on any atom is -0.104 e. The molecule has 0 aliphatic heterocycles. The summed E-state index contributed by atoms with van der Waals surface area (Å²) < 4.78 is 0. The maximum Gasteiger partial charge on any atom is 0.112 e. The van der Waals surface area contributed by atoms with Gasteiger partial charge in [-0.05, 0) is 18.4 Å². The molecule has 0 nitrogen and oxygen atoms in total. The summed E-state index contributed by atoms with van der Waals surface area (Å²) in [6.45, 7) is 2.18. The molecule has 1 aliphatic carbocycles. The summed E-state index contributed by atoms with van der Waals surface area (Å²) in [6.07, 6.45) is 4.35. The van der Waals surface area contributed by atoms with E-state index in [1.807, 2.05) is 6.07 Å². The molecule has 2 unspecified atom stereocenters. The van der Waals surface area contributed by atoms with Gasteiger partial charge in [0.05, 0.1) is 0 Å². The summed E-state index contributed by atoms with van der Waals surface area (Å²) in [6, 6.07) is 10.4. The van der Waals surface area contributed by atoms with Crippen LogP contribution >= 0.6 is 11.6 Å². The molecule has 0 bridgehead atoms. The second kappa shape index (κ2) is 4.93. The van der Waals surface area contributed by atoms with Gasteiger partial charge in [0, 0.05) is 12.3 Å². The van der Waals surface area contributed by atoms with E-state index in [1.54, 1.807) is 0 Å². The summed E-state index contributed by atoms with van der Waals surface area (Å²) in [5.74, 6) is 6.87. The first kappa shape index (κ1) is 11.6. The highest BCUT2D eigenvalue weighted by Crippen LogP contribution is 2.56. The van der Waals surface area contributed by atoms with E-state index in [1.165, 1.54) is 18.4 Å². The van der Waals surface area contributed by atoms with E-state index < -0.39 is 0 Å². The van der Waals surface area contributed by atoms with Crippen LogP contribution in [0.1, 0.15) is 44.1 Å². The summed E-state index contributed by atoms with van der Waals surface area (Å²) in [4.78, 5) is -0.269. The Morgan fingerprint density at radius 1 is 1.38 bits per heavy atom. The minimum atomic E-state index is -0.269. The molecule has 0 amide bonds. The van der Waals surface area contributed by atoms with Crippen LogP contribution < -0.4 is 0 Å². The Kier molecular flexibility index (Phi) is 3.56. The summed E-state index contributed by atoms with van der Waals surface area (Å²) in [5, 5.41) is 0. The first-order valence-electron chi connectivity index (χ1n) is 6.00. The molecule has 2 atom stereocenters. The Labute approximate surface area is 103 Å². The fraction of sp³-hybridized carbons (Fsp3) is 0.467. The van der Waals surface area contributed by atoms with Crippen molar-refractivity contribution in [1.29, 1.82) is 0 Å². The van der Waals surface area contributed by atoms with Gasteiger partial charge in [-0.25, -0.2) is 0 Å². The SMILES string of the molecule is CCCCC#CC1(Cl)CC1c1ccccc1. The summed E-state index contributed by atoms with van der Waals surface area (Å²) >= 11 is 6.45. The van der Waals surface area contributed by atoms with Gasteiger partial charge >= 0.3 is 0 Å². The van der Waals surface area contributed by atoms with Crippen molar-refractivity contribution in [3.63, 3.8) is 0 Å². The van der Waals surface area contributed by atoms with Gasteiger partial charge in [0.25, 0.3) is 0 Å². The number of alkyl halides is 1. The zero-order chi connectivity index (χ0) is 11.4. The average Bonchev–Trinajstić information content (AvgIpc) is 2.99. The standard InChI is InChI=1S/C15H17Cl/c1-2-3-4-8-11-15(16)12-14(15)13-9-6-5-7-10-13/h5-7,9-10,14H,2-4,12H2,1H3. The number of benzene rings is 1. The number of hydrogen-bond donors (Lipinski definition) is 0. The molecule has 1 fully saturated rings. The predicted octanol–water partition coefficient (Wildman–Crippen LogP) is 4.35. The maximum absolute atomic E-state index is 6.45. The van der Waals surface area contributed by atoms with Crippen molar-refractivity contribution in [2.45, 2.75) is 43.4 Å². The monoisotopic (exact) mass is 232 g/mol. The van der Waals surface area contributed by atoms with Crippen LogP contribution in [0.3, 0.4) is 0 Å². The third kappa shape index (κ3) is 2.60. The Morgan fingerprint density at radius 2 is 2.12 bits per heavy atom. The summed E-state index contributed by atoms with van der Waals surface area (Å²) in [7, 11) is 0. The van der Waals surface area contributed by atoms with Gasteiger partial charge in [-0.3, -0.25) is 0 Å². The Morgan fingerprint density at radius 3 is 2.81 bits per heavy atom. The van der Waals surface area contributed by atoms with Crippen LogP contribution in [0.5, 0.6) is 0 Å². The molecule has 84 valence electrons. The lowest BCUT2D eigenvalue weighted by Crippen LogP contribution is -1.97. The predicted molar refractivity (Wildman–Crippen MR) is 69.7 cm³/mol. The molecular weight excluding hydrogens is 216 g/mol. The molecule has 0 radical (unpaired) electrons. The van der Waals surface area contributed by atoms with E-state index in [0.29, 0.717) is 5.92 Å². The fourth-order valence-corrected chi connectivity index (χ4v) is 2.27. The van der Waals surface area contributed by atoms with Crippen LogP contribution in [0, 0.1) is 11.8 Å². The van der Waals surface area contributed by atoms with E-state index in [0.717, 1.165) is 12.8 Å². The van der Waals surface area contributed by atoms with Gasteiger partial charge in [-0.2, -0.15) is 0 Å². The Balaban J connectivity index is 1.95. The third-order valence-corrected chi connectivity index (χ3v) is 3.56. The Hall–Kier alpha value is -0.930. The zero-order valence-electron chi connectivity index (χ0n) is 9.67. The molecule has 1 aromatic carbocycles. The molecular formula is C15H17Cl. The van der Waals surface area contributed by atoms with Crippen molar-refractivity contribution < 1.29 is 0 Å². The van der Waals surface area contributed by atoms with Gasteiger partial charge in [0.15, 0.2) is 0 Å². The normalized spacial score (nSPS) is 27.0. The highest BCUT2D eigenvalue weighted by Gasteiger charge is 2.52. The van der Waals surface area contributed by atoms with Crippen LogP contribution in [0.25, 0.3) is 0 Å². The van der Waals surface area contributed by atoms with E-state index in [-0.39, 0.29) is 4.87 Å². The highest BCUT2D eigenvalue weighted by molar-refractivity contribution is 6.29. The quantitative estimate of drug-likeness (QED) is 0.413. The lowest BCUT2D eigenvalue weighted by molar-refractivity contribution is 0.827. The van der Waals surface area contributed by atoms with E-state index in [4.69, 9.17) is 11.6 Å². The number of unbranched alkanes of at least 4 members (excludes halogenated alkanes) is 2. The molecule has 1 aromatic rings. The third-order valence-electron chi connectivity index (χ3n) is 3.05. The van der Waals surface area contributed by atoms with Gasteiger partial charge in [-0.15, -0.1) is 17.5 Å². The van der Waals surface area contributed by atoms with Crippen LogP contribution in [-0.4, -0.2) is 4.87 Å². The van der Waals surface area contributed by atoms with Crippen molar-refractivity contribution >= 4 is 11.6 Å². The van der Waals surface area contributed by atoms with Crippen molar-refractivity contribution in [3.8, 4) is 11.8 Å². The Bertz CT molecular complexity index is 398. The minimum absolute atomic E-state index is 0.269. The topological polar surface area (TPSA) is 0 Å². The average molecular weight is 233 g/mol. The molecule has 0 heterocycles. The molecule has 0 N–H and O–H groups in total. The molecule has 0 aromatic heterocycles. The van der Waals surface area contributed by atoms with Crippen molar-refractivity contribution in [2.75, 3.05) is 0 Å². The smallest absolute Gasteiger partial charge is 0.104 e. The highest BCUT2D eigenvalue weighted by atomic mass is 35.5. The molecule has 1 saturated carbocycles. The second-order valence-corrected chi connectivity index (χ2v) is 5.11. The lowest BCUT2D eigenvalue weighted by atomic mass is 10.1. The van der Waals surface area contributed by atoms with Gasteiger partial charge in [-0.1, -0.05) is 49.6 Å². The zero-order valence-corrected chi connectivity index (χ0v) is 10.4. The van der Waals surface area contributed by atoms with Crippen LogP contribution in [0.4, 0.5) is 0 Å². The van der Waals surface area contributed by atoms with Gasteiger partial charge < -0.3 is 0 Å². The molecule has 2 rings (SSSR count). The van der Waals surface area contributed by atoms with Crippen molar-refractivity contribution in [1.82, 2.24) is 0 Å². The summed E-state index contributed by atoms with van der Waals surface area (Å²) in [5.41, 5.74) is 1.32. The van der Waals surface area contributed by atoms with Crippen LogP contribution in [0.2, 0.25) is 0 Å². The molecule has 16 heavy (non-hydrogen) atoms. The van der Waals surface area contributed by atoms with Gasteiger partial charge in [0.1, 0.15) is 4.87 Å². The first-order chi connectivity index (χ1) is 7.76. The molecule has 0 saturated heterocycles. The number of hydrogen-bond acceptors (Lipinski definition) is 0.